The lowest BCUT2D eigenvalue weighted by atomic mass is 10.1. The fourth-order valence-electron chi connectivity index (χ4n) is 2.67. The molecule has 0 aromatic rings. The van der Waals surface area contributed by atoms with Gasteiger partial charge in [-0.2, -0.15) is 0 Å². The van der Waals surface area contributed by atoms with Gasteiger partial charge in [0.15, 0.2) is 6.29 Å². The molecule has 5 heteroatoms. The van der Waals surface area contributed by atoms with Gasteiger partial charge in [0.25, 0.3) is 0 Å². The molecule has 5 atom stereocenters. The molecule has 0 bridgehead atoms. The minimum atomic E-state index is -0.864. The summed E-state index contributed by atoms with van der Waals surface area (Å²) in [5.41, 5.74) is 0. The fraction of sp³-hybridized carbons (Fsp3) is 1.00. The van der Waals surface area contributed by atoms with Crippen LogP contribution in [0.5, 0.6) is 0 Å². The van der Waals surface area contributed by atoms with Crippen LogP contribution < -0.4 is 0 Å². The number of aliphatic hydroxyl groups excluding tert-OH is 2. The van der Waals surface area contributed by atoms with E-state index in [4.69, 9.17) is 14.2 Å². The van der Waals surface area contributed by atoms with Crippen molar-refractivity contribution in [2.45, 2.75) is 76.2 Å². The largest absolute Gasteiger partial charge is 0.388 e. The van der Waals surface area contributed by atoms with Crippen molar-refractivity contribution in [3.05, 3.63) is 0 Å². The SMILES string of the molecule is CCCCCCCC1OCC(C2OC[C@@H](O)C2O)O1. The zero-order chi connectivity index (χ0) is 13.7. The monoisotopic (exact) mass is 274 g/mol. The van der Waals surface area contributed by atoms with Crippen LogP contribution in [0.25, 0.3) is 0 Å². The second-order valence-electron chi connectivity index (χ2n) is 5.50. The smallest absolute Gasteiger partial charge is 0.158 e. The van der Waals surface area contributed by atoms with Crippen molar-refractivity contribution in [1.29, 1.82) is 0 Å². The molecule has 0 saturated carbocycles. The van der Waals surface area contributed by atoms with E-state index in [0.717, 1.165) is 12.8 Å². The van der Waals surface area contributed by atoms with Crippen LogP contribution in [0.3, 0.4) is 0 Å². The van der Waals surface area contributed by atoms with Gasteiger partial charge in [0, 0.05) is 0 Å². The van der Waals surface area contributed by atoms with Crippen molar-refractivity contribution in [3.63, 3.8) is 0 Å². The van der Waals surface area contributed by atoms with E-state index in [1.54, 1.807) is 0 Å². The van der Waals surface area contributed by atoms with E-state index in [1.165, 1.54) is 25.7 Å². The lowest BCUT2D eigenvalue weighted by Gasteiger charge is -2.20. The molecule has 2 saturated heterocycles. The molecule has 2 fully saturated rings. The first-order valence-electron chi connectivity index (χ1n) is 7.47. The predicted molar refractivity (Wildman–Crippen MR) is 69.7 cm³/mol. The molecule has 0 spiro atoms. The molecule has 0 amide bonds. The first kappa shape index (κ1) is 15.2. The summed E-state index contributed by atoms with van der Waals surface area (Å²) in [5.74, 6) is 0. The number of ether oxygens (including phenoxy) is 3. The topological polar surface area (TPSA) is 68.2 Å². The summed E-state index contributed by atoms with van der Waals surface area (Å²) in [6, 6.07) is 0. The predicted octanol–water partition coefficient (Wildman–Crippen LogP) is 1.21. The van der Waals surface area contributed by atoms with Gasteiger partial charge in [-0.05, 0) is 12.8 Å². The molecule has 2 aliphatic heterocycles. The molecule has 0 aromatic carbocycles. The number of aliphatic hydroxyl groups is 2. The van der Waals surface area contributed by atoms with E-state index >= 15 is 0 Å². The Morgan fingerprint density at radius 3 is 2.47 bits per heavy atom. The third kappa shape index (κ3) is 4.13. The van der Waals surface area contributed by atoms with Gasteiger partial charge in [0.2, 0.25) is 0 Å². The van der Waals surface area contributed by atoms with Gasteiger partial charge in [-0.3, -0.25) is 0 Å². The minimum absolute atomic E-state index is 0.174. The van der Waals surface area contributed by atoms with Crippen molar-refractivity contribution in [2.24, 2.45) is 0 Å². The molecule has 2 rings (SSSR count). The third-order valence-electron chi connectivity index (χ3n) is 3.87. The van der Waals surface area contributed by atoms with Gasteiger partial charge < -0.3 is 24.4 Å². The Balaban J connectivity index is 1.63. The second-order valence-corrected chi connectivity index (χ2v) is 5.50. The standard InChI is InChI=1S/C14H26O5/c1-2-3-4-5-6-7-12-17-9-11(19-12)14-13(16)10(15)8-18-14/h10-16H,2-9H2,1H3/t10-,11?,12?,13?,14?/m1/s1. The summed E-state index contributed by atoms with van der Waals surface area (Å²) in [5, 5.41) is 19.2. The van der Waals surface area contributed by atoms with Gasteiger partial charge in [0.1, 0.15) is 24.4 Å². The first-order valence-corrected chi connectivity index (χ1v) is 7.47. The highest BCUT2D eigenvalue weighted by atomic mass is 16.7. The number of rotatable bonds is 7. The van der Waals surface area contributed by atoms with Crippen molar-refractivity contribution in [1.82, 2.24) is 0 Å². The maximum absolute atomic E-state index is 9.77. The van der Waals surface area contributed by atoms with E-state index in [-0.39, 0.29) is 19.0 Å². The van der Waals surface area contributed by atoms with Crippen LogP contribution in [0.4, 0.5) is 0 Å². The Hall–Kier alpha value is -0.200. The Kier molecular flexibility index (Phi) is 6.04. The number of hydrogen-bond donors (Lipinski definition) is 2. The Bertz CT molecular complexity index is 260. The summed E-state index contributed by atoms with van der Waals surface area (Å²) in [6.07, 6.45) is 4.45. The van der Waals surface area contributed by atoms with Gasteiger partial charge in [-0.1, -0.05) is 32.6 Å². The maximum atomic E-state index is 9.77. The zero-order valence-electron chi connectivity index (χ0n) is 11.7. The average molecular weight is 274 g/mol. The molecular formula is C14H26O5. The van der Waals surface area contributed by atoms with Crippen molar-refractivity contribution >= 4 is 0 Å². The van der Waals surface area contributed by atoms with Gasteiger partial charge in [-0.15, -0.1) is 0 Å². The molecule has 2 aliphatic rings. The van der Waals surface area contributed by atoms with Crippen LogP contribution in [0.1, 0.15) is 45.4 Å². The van der Waals surface area contributed by atoms with Crippen LogP contribution >= 0.6 is 0 Å². The molecule has 0 aromatic heterocycles. The molecule has 112 valence electrons. The molecule has 5 nitrogen and oxygen atoms in total. The van der Waals surface area contributed by atoms with E-state index in [2.05, 4.69) is 6.92 Å². The number of unbranched alkanes of at least 4 members (excludes halogenated alkanes) is 4. The molecule has 2 N–H and O–H groups in total. The molecule has 2 heterocycles. The summed E-state index contributed by atoms with van der Waals surface area (Å²) in [7, 11) is 0. The van der Waals surface area contributed by atoms with E-state index in [9.17, 15) is 10.2 Å². The van der Waals surface area contributed by atoms with E-state index < -0.39 is 18.3 Å². The highest BCUT2D eigenvalue weighted by Gasteiger charge is 2.43. The van der Waals surface area contributed by atoms with Crippen LogP contribution in [-0.2, 0) is 14.2 Å². The summed E-state index contributed by atoms with van der Waals surface area (Å²) >= 11 is 0. The maximum Gasteiger partial charge on any atom is 0.158 e. The third-order valence-corrected chi connectivity index (χ3v) is 3.87. The lowest BCUT2D eigenvalue weighted by Crippen LogP contribution is -2.39. The summed E-state index contributed by atoms with van der Waals surface area (Å²) in [4.78, 5) is 0. The highest BCUT2D eigenvalue weighted by molar-refractivity contribution is 4.90. The molecule has 4 unspecified atom stereocenters. The van der Waals surface area contributed by atoms with Gasteiger partial charge in [-0.25, -0.2) is 0 Å². The minimum Gasteiger partial charge on any atom is -0.388 e. The van der Waals surface area contributed by atoms with Crippen LogP contribution in [-0.4, -0.2) is 54.1 Å². The summed E-state index contributed by atoms with van der Waals surface area (Å²) < 4.78 is 16.7. The normalized spacial score (nSPS) is 39.0. The second kappa shape index (κ2) is 7.55. The van der Waals surface area contributed by atoms with Crippen molar-refractivity contribution < 1.29 is 24.4 Å². The quantitative estimate of drug-likeness (QED) is 0.683. The van der Waals surface area contributed by atoms with Crippen molar-refractivity contribution in [3.8, 4) is 0 Å². The zero-order valence-corrected chi connectivity index (χ0v) is 11.7. The Morgan fingerprint density at radius 1 is 1.00 bits per heavy atom. The fourth-order valence-corrected chi connectivity index (χ4v) is 2.67. The van der Waals surface area contributed by atoms with Gasteiger partial charge >= 0.3 is 0 Å². The number of hydrogen-bond acceptors (Lipinski definition) is 5. The van der Waals surface area contributed by atoms with Crippen LogP contribution in [0, 0.1) is 0 Å². The van der Waals surface area contributed by atoms with Gasteiger partial charge in [0.05, 0.1) is 13.2 Å². The Morgan fingerprint density at radius 2 is 1.79 bits per heavy atom. The van der Waals surface area contributed by atoms with E-state index in [0.29, 0.717) is 6.61 Å². The average Bonchev–Trinajstić information content (AvgIpc) is 2.98. The summed E-state index contributed by atoms with van der Waals surface area (Å²) in [6.45, 7) is 2.82. The van der Waals surface area contributed by atoms with Crippen LogP contribution in [0.2, 0.25) is 0 Å². The van der Waals surface area contributed by atoms with Crippen molar-refractivity contribution in [2.75, 3.05) is 13.2 Å². The highest BCUT2D eigenvalue weighted by Crippen LogP contribution is 2.26. The van der Waals surface area contributed by atoms with Crippen LogP contribution in [0.15, 0.2) is 0 Å². The Labute approximate surface area is 114 Å². The van der Waals surface area contributed by atoms with E-state index in [1.807, 2.05) is 0 Å². The molecule has 0 aliphatic carbocycles. The molecular weight excluding hydrogens is 248 g/mol. The lowest BCUT2D eigenvalue weighted by molar-refractivity contribution is -0.103. The molecule has 19 heavy (non-hydrogen) atoms. The first-order chi connectivity index (χ1) is 9.22. The molecule has 0 radical (unpaired) electrons.